The Labute approximate surface area is 212 Å². The van der Waals surface area contributed by atoms with Crippen molar-refractivity contribution in [3.8, 4) is 17.6 Å². The molecular weight excluding hydrogens is 448 g/mol. The van der Waals surface area contributed by atoms with E-state index in [0.29, 0.717) is 24.5 Å². The number of fused-ring (bicyclic) bond motifs is 1. The number of carbonyl (C=O) groups excluding carboxylic acids is 1. The summed E-state index contributed by atoms with van der Waals surface area (Å²) in [5.74, 6) is 7.53. The number of hydrogen-bond acceptors (Lipinski definition) is 5. The molecule has 1 amide bonds. The summed E-state index contributed by atoms with van der Waals surface area (Å²) in [5.41, 5.74) is 10.9. The molecule has 0 aliphatic rings. The van der Waals surface area contributed by atoms with Gasteiger partial charge in [-0.05, 0) is 68.5 Å². The van der Waals surface area contributed by atoms with Crippen molar-refractivity contribution in [2.75, 3.05) is 33.0 Å². The third-order valence-electron chi connectivity index (χ3n) is 5.75. The number of amides is 1. The first-order valence-corrected chi connectivity index (χ1v) is 11.8. The van der Waals surface area contributed by atoms with Crippen molar-refractivity contribution in [3.05, 3.63) is 101 Å². The van der Waals surface area contributed by atoms with Gasteiger partial charge in [0.05, 0.1) is 5.52 Å². The van der Waals surface area contributed by atoms with Gasteiger partial charge in [-0.1, -0.05) is 48.2 Å². The molecule has 1 heterocycles. The van der Waals surface area contributed by atoms with E-state index >= 15 is 0 Å². The molecule has 0 saturated heterocycles. The van der Waals surface area contributed by atoms with Gasteiger partial charge in [-0.25, -0.2) is 4.98 Å². The molecule has 3 N–H and O–H groups in total. The number of hydrogen-bond donors (Lipinski definition) is 2. The zero-order valence-electron chi connectivity index (χ0n) is 20.8. The highest BCUT2D eigenvalue weighted by atomic mass is 16.5. The molecule has 0 atom stereocenters. The van der Waals surface area contributed by atoms with Crippen LogP contribution < -0.4 is 15.8 Å². The van der Waals surface area contributed by atoms with Crippen LogP contribution in [-0.4, -0.2) is 43.0 Å². The fourth-order valence-electron chi connectivity index (χ4n) is 3.67. The lowest BCUT2D eigenvalue weighted by Gasteiger charge is -2.11. The van der Waals surface area contributed by atoms with E-state index in [1.165, 1.54) is 0 Å². The summed E-state index contributed by atoms with van der Waals surface area (Å²) in [7, 11) is 4.02. The first-order chi connectivity index (χ1) is 17.4. The van der Waals surface area contributed by atoms with Crippen molar-refractivity contribution in [1.29, 1.82) is 0 Å². The number of pyridine rings is 1. The third-order valence-corrected chi connectivity index (χ3v) is 5.75. The van der Waals surface area contributed by atoms with E-state index in [4.69, 9.17) is 10.5 Å². The Hall–Kier alpha value is -4.34. The van der Waals surface area contributed by atoms with E-state index in [1.807, 2.05) is 87.7 Å². The maximum absolute atomic E-state index is 12.8. The van der Waals surface area contributed by atoms with E-state index in [1.54, 1.807) is 6.07 Å². The maximum Gasteiger partial charge on any atom is 0.251 e. The normalized spacial score (nSPS) is 10.7. The number of nitrogens with two attached hydrogens (primary N) is 1. The smallest absolute Gasteiger partial charge is 0.251 e. The molecule has 0 saturated carbocycles. The number of anilines is 1. The van der Waals surface area contributed by atoms with Gasteiger partial charge in [0.15, 0.2) is 0 Å². The summed E-state index contributed by atoms with van der Waals surface area (Å²) in [6, 6.07) is 22.9. The standard InChI is InChI=1S/C30H30N4O2/c1-21-8-11-25(30(35)32-20-22-9-14-26(15-10-22)36-17-16-34(2)3)18-23(21)12-13-24-19-29(31)33-28-7-5-4-6-27(24)28/h4-11,14-15,18-19H,16-17,20H2,1-3H3,(H2,31,33)(H,32,35). The number of carbonyl (C=O) groups is 1. The molecule has 0 radical (unpaired) electrons. The van der Waals surface area contributed by atoms with Gasteiger partial charge in [-0.2, -0.15) is 0 Å². The van der Waals surface area contributed by atoms with Crippen LogP contribution in [0.1, 0.15) is 32.6 Å². The molecule has 182 valence electrons. The highest BCUT2D eigenvalue weighted by Gasteiger charge is 2.08. The van der Waals surface area contributed by atoms with Crippen molar-refractivity contribution in [2.45, 2.75) is 13.5 Å². The molecule has 4 rings (SSSR count). The van der Waals surface area contributed by atoms with Crippen LogP contribution in [0, 0.1) is 18.8 Å². The zero-order chi connectivity index (χ0) is 25.5. The Morgan fingerprint density at radius 1 is 1.00 bits per heavy atom. The summed E-state index contributed by atoms with van der Waals surface area (Å²) < 4.78 is 5.72. The van der Waals surface area contributed by atoms with Crippen molar-refractivity contribution in [3.63, 3.8) is 0 Å². The summed E-state index contributed by atoms with van der Waals surface area (Å²) in [4.78, 5) is 19.3. The Morgan fingerprint density at radius 2 is 1.75 bits per heavy atom. The van der Waals surface area contributed by atoms with Crippen LogP contribution in [-0.2, 0) is 6.54 Å². The van der Waals surface area contributed by atoms with Gasteiger partial charge in [0.1, 0.15) is 18.2 Å². The van der Waals surface area contributed by atoms with Gasteiger partial charge in [0.2, 0.25) is 0 Å². The summed E-state index contributed by atoms with van der Waals surface area (Å²) >= 11 is 0. The van der Waals surface area contributed by atoms with Crippen LogP contribution in [0.4, 0.5) is 5.82 Å². The van der Waals surface area contributed by atoms with Crippen molar-refractivity contribution >= 4 is 22.6 Å². The fraction of sp³-hybridized carbons (Fsp3) is 0.200. The molecule has 0 bridgehead atoms. The number of para-hydroxylation sites is 1. The first kappa shape index (κ1) is 24.8. The first-order valence-electron chi connectivity index (χ1n) is 11.8. The summed E-state index contributed by atoms with van der Waals surface area (Å²) in [5, 5.41) is 3.93. The number of rotatable bonds is 7. The lowest BCUT2D eigenvalue weighted by molar-refractivity contribution is 0.0951. The quantitative estimate of drug-likeness (QED) is 0.385. The van der Waals surface area contributed by atoms with E-state index in [9.17, 15) is 4.79 Å². The van der Waals surface area contributed by atoms with Gasteiger partial charge < -0.3 is 20.7 Å². The molecule has 3 aromatic carbocycles. The average Bonchev–Trinajstić information content (AvgIpc) is 2.87. The molecule has 0 unspecified atom stereocenters. The average molecular weight is 479 g/mol. The molecular formula is C30H30N4O2. The van der Waals surface area contributed by atoms with Crippen molar-refractivity contribution in [1.82, 2.24) is 15.2 Å². The van der Waals surface area contributed by atoms with Crippen LogP contribution in [0.5, 0.6) is 5.75 Å². The van der Waals surface area contributed by atoms with E-state index < -0.39 is 0 Å². The Kier molecular flexibility index (Phi) is 7.84. The van der Waals surface area contributed by atoms with Crippen LogP contribution in [0.2, 0.25) is 0 Å². The number of likely N-dealkylation sites (N-methyl/N-ethyl adjacent to an activating group) is 1. The van der Waals surface area contributed by atoms with Gasteiger partial charge >= 0.3 is 0 Å². The van der Waals surface area contributed by atoms with E-state index in [0.717, 1.165) is 45.5 Å². The van der Waals surface area contributed by atoms with Gasteiger partial charge in [-0.15, -0.1) is 0 Å². The second kappa shape index (κ2) is 11.4. The molecule has 4 aromatic rings. The Bertz CT molecular complexity index is 1430. The molecule has 0 aliphatic carbocycles. The third kappa shape index (κ3) is 6.41. The van der Waals surface area contributed by atoms with Gasteiger partial charge in [-0.3, -0.25) is 4.79 Å². The minimum Gasteiger partial charge on any atom is -0.492 e. The summed E-state index contributed by atoms with van der Waals surface area (Å²) in [6.45, 7) is 3.89. The second-order valence-electron chi connectivity index (χ2n) is 8.87. The zero-order valence-corrected chi connectivity index (χ0v) is 20.8. The van der Waals surface area contributed by atoms with Crippen LogP contribution in [0.15, 0.2) is 72.8 Å². The minimum atomic E-state index is -0.150. The largest absolute Gasteiger partial charge is 0.492 e. The van der Waals surface area contributed by atoms with Crippen LogP contribution in [0.3, 0.4) is 0 Å². The second-order valence-corrected chi connectivity index (χ2v) is 8.87. The van der Waals surface area contributed by atoms with Gasteiger partial charge in [0.25, 0.3) is 5.91 Å². The van der Waals surface area contributed by atoms with Crippen LogP contribution in [0.25, 0.3) is 10.9 Å². The number of aryl methyl sites for hydroxylation is 1. The molecule has 1 aromatic heterocycles. The molecule has 36 heavy (non-hydrogen) atoms. The predicted octanol–water partition coefficient (Wildman–Crippen LogP) is 4.40. The lowest BCUT2D eigenvalue weighted by Crippen LogP contribution is -2.23. The highest BCUT2D eigenvalue weighted by Crippen LogP contribution is 2.19. The summed E-state index contributed by atoms with van der Waals surface area (Å²) in [6.07, 6.45) is 0. The number of ether oxygens (including phenoxy) is 1. The topological polar surface area (TPSA) is 80.5 Å². The SMILES string of the molecule is Cc1ccc(C(=O)NCc2ccc(OCCN(C)C)cc2)cc1C#Cc1cc(N)nc2ccccc12. The van der Waals surface area contributed by atoms with E-state index in [-0.39, 0.29) is 5.91 Å². The number of nitrogens with one attached hydrogen (secondary N) is 1. The van der Waals surface area contributed by atoms with E-state index in [2.05, 4.69) is 27.0 Å². The number of nitrogens with zero attached hydrogens (tertiary/aromatic N) is 2. The number of nitrogen functional groups attached to an aromatic ring is 1. The predicted molar refractivity (Wildman–Crippen MR) is 145 cm³/mol. The number of aromatic nitrogens is 1. The molecule has 6 heteroatoms. The fourth-order valence-corrected chi connectivity index (χ4v) is 3.67. The van der Waals surface area contributed by atoms with Gasteiger partial charge in [0, 0.05) is 35.2 Å². The monoisotopic (exact) mass is 478 g/mol. The van der Waals surface area contributed by atoms with Crippen molar-refractivity contribution in [2.24, 2.45) is 0 Å². The van der Waals surface area contributed by atoms with Crippen LogP contribution >= 0.6 is 0 Å². The maximum atomic E-state index is 12.8. The Morgan fingerprint density at radius 3 is 2.53 bits per heavy atom. The lowest BCUT2D eigenvalue weighted by atomic mass is 10.0. The minimum absolute atomic E-state index is 0.150. The number of benzene rings is 3. The highest BCUT2D eigenvalue weighted by molar-refractivity contribution is 5.94. The molecule has 0 spiro atoms. The molecule has 6 nitrogen and oxygen atoms in total. The van der Waals surface area contributed by atoms with Crippen molar-refractivity contribution < 1.29 is 9.53 Å². The Balaban J connectivity index is 1.44. The molecule has 0 aliphatic heterocycles. The molecule has 0 fully saturated rings.